The Kier molecular flexibility index (Phi) is 5.41. The second-order valence-corrected chi connectivity index (χ2v) is 6.78. The van der Waals surface area contributed by atoms with Gasteiger partial charge in [0.15, 0.2) is 0 Å². The van der Waals surface area contributed by atoms with Crippen molar-refractivity contribution in [1.29, 1.82) is 5.26 Å². The zero-order valence-electron chi connectivity index (χ0n) is 16.1. The third kappa shape index (κ3) is 4.56. The highest BCUT2D eigenvalue weighted by atomic mass is 19.4. The molecule has 2 N–H and O–H groups in total. The molecule has 0 aliphatic rings. The van der Waals surface area contributed by atoms with Gasteiger partial charge in [0.05, 0.1) is 22.7 Å². The number of aromatic nitrogens is 2. The van der Waals surface area contributed by atoms with Crippen LogP contribution in [0.2, 0.25) is 0 Å². The maximum Gasteiger partial charge on any atom is 0.416 e. The number of anilines is 3. The number of benzene rings is 3. The molecule has 0 unspecified atom stereocenters. The molecule has 1 aromatic heterocycles. The van der Waals surface area contributed by atoms with Gasteiger partial charge in [-0.1, -0.05) is 18.2 Å². The molecule has 1 heterocycles. The summed E-state index contributed by atoms with van der Waals surface area (Å²) in [6, 6.07) is 19.8. The van der Waals surface area contributed by atoms with Gasteiger partial charge in [-0.25, -0.2) is 9.97 Å². The summed E-state index contributed by atoms with van der Waals surface area (Å²) >= 11 is 0. The van der Waals surface area contributed by atoms with Crippen LogP contribution in [0.3, 0.4) is 0 Å². The van der Waals surface area contributed by atoms with Crippen molar-refractivity contribution in [2.24, 2.45) is 0 Å². The average Bonchev–Trinajstić information content (AvgIpc) is 2.78. The molecule has 8 heteroatoms. The highest BCUT2D eigenvalue weighted by Gasteiger charge is 2.29. The Morgan fingerprint density at radius 3 is 2.39 bits per heavy atom. The van der Waals surface area contributed by atoms with Gasteiger partial charge in [-0.05, 0) is 54.1 Å². The van der Waals surface area contributed by atoms with Crippen LogP contribution in [-0.2, 0) is 12.7 Å². The molecule has 0 spiro atoms. The number of nitrogens with one attached hydrogen (secondary N) is 2. The number of fused-ring (bicyclic) bond motifs is 1. The Hall–Kier alpha value is -4.12. The molecule has 0 aliphatic heterocycles. The van der Waals surface area contributed by atoms with Crippen molar-refractivity contribution in [3.05, 3.63) is 89.7 Å². The van der Waals surface area contributed by atoms with E-state index in [1.165, 1.54) is 18.5 Å². The predicted octanol–water partition coefficient (Wildman–Crippen LogP) is 5.88. The Morgan fingerprint density at radius 2 is 1.65 bits per heavy atom. The number of rotatable bonds is 5. The second-order valence-electron chi connectivity index (χ2n) is 6.78. The van der Waals surface area contributed by atoms with Crippen LogP contribution in [0.4, 0.5) is 30.4 Å². The van der Waals surface area contributed by atoms with E-state index in [9.17, 15) is 18.4 Å². The summed E-state index contributed by atoms with van der Waals surface area (Å²) in [7, 11) is 0. The molecule has 0 atom stereocenters. The highest BCUT2D eigenvalue weighted by Crippen LogP contribution is 2.31. The van der Waals surface area contributed by atoms with E-state index in [0.29, 0.717) is 34.5 Å². The first-order valence-electron chi connectivity index (χ1n) is 9.35. The molecule has 0 bridgehead atoms. The zero-order valence-corrected chi connectivity index (χ0v) is 16.1. The van der Waals surface area contributed by atoms with Crippen molar-refractivity contribution in [2.45, 2.75) is 12.7 Å². The maximum atomic E-state index is 12.8. The summed E-state index contributed by atoms with van der Waals surface area (Å²) in [6.45, 7) is 0.463. The fraction of sp³-hybridized carbons (Fsp3) is 0.0870. The van der Waals surface area contributed by atoms with Crippen LogP contribution >= 0.6 is 0 Å². The molecule has 0 fully saturated rings. The lowest BCUT2D eigenvalue weighted by molar-refractivity contribution is -0.137. The van der Waals surface area contributed by atoms with E-state index >= 15 is 0 Å². The Labute approximate surface area is 176 Å². The molecule has 31 heavy (non-hydrogen) atoms. The molecule has 0 saturated heterocycles. The lowest BCUT2D eigenvalue weighted by Gasteiger charge is -2.12. The topological polar surface area (TPSA) is 73.6 Å². The van der Waals surface area contributed by atoms with Gasteiger partial charge in [0.25, 0.3) is 0 Å². The summed E-state index contributed by atoms with van der Waals surface area (Å²) in [4.78, 5) is 8.49. The molecular formula is C23H16F3N5. The van der Waals surface area contributed by atoms with Crippen molar-refractivity contribution in [2.75, 3.05) is 10.6 Å². The van der Waals surface area contributed by atoms with Crippen LogP contribution in [0.25, 0.3) is 10.9 Å². The van der Waals surface area contributed by atoms with Crippen molar-refractivity contribution >= 4 is 28.1 Å². The van der Waals surface area contributed by atoms with Crippen LogP contribution in [0.1, 0.15) is 16.7 Å². The normalized spacial score (nSPS) is 11.2. The summed E-state index contributed by atoms with van der Waals surface area (Å²) in [5.41, 5.74) is 2.73. The van der Waals surface area contributed by atoms with E-state index < -0.39 is 11.7 Å². The molecule has 5 nitrogen and oxygen atoms in total. The Morgan fingerprint density at radius 1 is 0.903 bits per heavy atom. The summed E-state index contributed by atoms with van der Waals surface area (Å²) in [5, 5.41) is 16.3. The molecule has 0 aliphatic carbocycles. The standard InChI is InChI=1S/C23H16F3N5/c24-23(25,26)17-5-7-18(8-6-17)31-22-20-11-19(9-10-21(20)29-14-30-22)28-13-16-4-2-1-3-15(16)12-27/h1-11,14,28H,13H2,(H,29,30,31). The molecule has 4 aromatic rings. The molecule has 0 amide bonds. The van der Waals surface area contributed by atoms with Gasteiger partial charge in [0.2, 0.25) is 0 Å². The third-order valence-electron chi connectivity index (χ3n) is 4.73. The molecule has 0 saturated carbocycles. The van der Waals surface area contributed by atoms with Crippen LogP contribution < -0.4 is 10.6 Å². The van der Waals surface area contributed by atoms with Crippen LogP contribution in [0.5, 0.6) is 0 Å². The second kappa shape index (κ2) is 8.32. The van der Waals surface area contributed by atoms with Crippen molar-refractivity contribution in [1.82, 2.24) is 9.97 Å². The van der Waals surface area contributed by atoms with Gasteiger partial charge in [-0.15, -0.1) is 0 Å². The fourth-order valence-electron chi connectivity index (χ4n) is 3.13. The maximum absolute atomic E-state index is 12.8. The largest absolute Gasteiger partial charge is 0.416 e. The molecule has 154 valence electrons. The fourth-order valence-corrected chi connectivity index (χ4v) is 3.13. The summed E-state index contributed by atoms with van der Waals surface area (Å²) < 4.78 is 38.3. The first-order chi connectivity index (χ1) is 14.9. The number of nitrogens with zero attached hydrogens (tertiary/aromatic N) is 3. The number of alkyl halides is 3. The molecule has 3 aromatic carbocycles. The van der Waals surface area contributed by atoms with Gasteiger partial charge in [-0.2, -0.15) is 18.4 Å². The van der Waals surface area contributed by atoms with Crippen LogP contribution in [0, 0.1) is 11.3 Å². The minimum absolute atomic E-state index is 0.463. The van der Waals surface area contributed by atoms with Gasteiger partial charge < -0.3 is 10.6 Å². The van der Waals surface area contributed by atoms with Crippen molar-refractivity contribution in [3.63, 3.8) is 0 Å². The summed E-state index contributed by atoms with van der Waals surface area (Å²) in [6.07, 6.45) is -2.99. The monoisotopic (exact) mass is 419 g/mol. The number of nitriles is 1. The van der Waals surface area contributed by atoms with Crippen molar-refractivity contribution < 1.29 is 13.2 Å². The van der Waals surface area contributed by atoms with Gasteiger partial charge in [0.1, 0.15) is 12.1 Å². The predicted molar refractivity (Wildman–Crippen MR) is 113 cm³/mol. The third-order valence-corrected chi connectivity index (χ3v) is 4.73. The molecular weight excluding hydrogens is 403 g/mol. The van der Waals surface area contributed by atoms with Crippen LogP contribution in [-0.4, -0.2) is 9.97 Å². The summed E-state index contributed by atoms with van der Waals surface area (Å²) in [5.74, 6) is 0.478. The van der Waals surface area contributed by atoms with E-state index in [1.807, 2.05) is 36.4 Å². The van der Waals surface area contributed by atoms with Gasteiger partial charge >= 0.3 is 6.18 Å². The van der Waals surface area contributed by atoms with Gasteiger partial charge in [0, 0.05) is 23.3 Å². The lowest BCUT2D eigenvalue weighted by atomic mass is 10.1. The first kappa shape index (κ1) is 20.2. The van der Waals surface area contributed by atoms with E-state index in [4.69, 9.17) is 0 Å². The zero-order chi connectivity index (χ0) is 21.8. The first-order valence-corrected chi connectivity index (χ1v) is 9.35. The lowest BCUT2D eigenvalue weighted by Crippen LogP contribution is -2.04. The molecule has 4 rings (SSSR count). The van der Waals surface area contributed by atoms with E-state index in [0.717, 1.165) is 23.4 Å². The Bertz CT molecular complexity index is 1260. The quantitative estimate of drug-likeness (QED) is 0.423. The van der Waals surface area contributed by atoms with E-state index in [1.54, 1.807) is 6.07 Å². The average molecular weight is 419 g/mol. The van der Waals surface area contributed by atoms with Crippen LogP contribution in [0.15, 0.2) is 73.1 Å². The smallest absolute Gasteiger partial charge is 0.381 e. The SMILES string of the molecule is N#Cc1ccccc1CNc1ccc2ncnc(Nc3ccc(C(F)(F)F)cc3)c2c1. The molecule has 0 radical (unpaired) electrons. The minimum Gasteiger partial charge on any atom is -0.381 e. The number of halogens is 3. The van der Waals surface area contributed by atoms with E-state index in [-0.39, 0.29) is 0 Å². The van der Waals surface area contributed by atoms with Crippen molar-refractivity contribution in [3.8, 4) is 6.07 Å². The van der Waals surface area contributed by atoms with E-state index in [2.05, 4.69) is 26.7 Å². The minimum atomic E-state index is -4.38. The number of hydrogen-bond donors (Lipinski definition) is 2. The number of hydrogen-bond acceptors (Lipinski definition) is 5. The van der Waals surface area contributed by atoms with Gasteiger partial charge in [-0.3, -0.25) is 0 Å². The highest BCUT2D eigenvalue weighted by molar-refractivity contribution is 5.92. The Balaban J connectivity index is 1.58.